The Bertz CT molecular complexity index is 856. The van der Waals surface area contributed by atoms with Gasteiger partial charge in [0.2, 0.25) is 0 Å². The van der Waals surface area contributed by atoms with E-state index in [0.717, 1.165) is 25.7 Å². The van der Waals surface area contributed by atoms with Crippen molar-refractivity contribution >= 4 is 22.6 Å². The first kappa shape index (κ1) is 37.3. The molecule has 0 aliphatic carbocycles. The van der Waals surface area contributed by atoms with E-state index < -0.39 is 22.2 Å². The average Bonchev–Trinajstić information content (AvgIpc) is 2.74. The summed E-state index contributed by atoms with van der Waals surface area (Å²) in [5.74, 6) is 0.283. The largest absolute Gasteiger partial charge is 0.460 e. The van der Waals surface area contributed by atoms with Gasteiger partial charge in [-0.15, -0.1) is 0 Å². The van der Waals surface area contributed by atoms with E-state index in [-0.39, 0.29) is 34.4 Å². The van der Waals surface area contributed by atoms with Gasteiger partial charge >= 0.3 is 5.97 Å². The highest BCUT2D eigenvalue weighted by atomic mass is 28.4. The van der Waals surface area contributed by atoms with Crippen molar-refractivity contribution in [3.63, 3.8) is 0 Å². The molecule has 4 atom stereocenters. The van der Waals surface area contributed by atoms with Gasteiger partial charge in [0.25, 0.3) is 0 Å². The second-order valence-electron chi connectivity index (χ2n) is 15.9. The van der Waals surface area contributed by atoms with E-state index in [1.54, 1.807) is 0 Å². The Hall–Kier alpha value is -0.736. The molecule has 0 saturated heterocycles. The van der Waals surface area contributed by atoms with Crippen LogP contribution < -0.4 is 0 Å². The number of ether oxygens (including phenoxy) is 2. The first-order valence-corrected chi connectivity index (χ1v) is 21.3. The molecule has 1 aliphatic rings. The van der Waals surface area contributed by atoms with E-state index in [4.69, 9.17) is 18.3 Å². The van der Waals surface area contributed by atoms with Crippen LogP contribution in [-0.4, -0.2) is 53.1 Å². The molecule has 0 aromatic carbocycles. The van der Waals surface area contributed by atoms with E-state index in [1.807, 2.05) is 20.8 Å². The van der Waals surface area contributed by atoms with E-state index in [0.29, 0.717) is 18.9 Å². The van der Waals surface area contributed by atoms with Gasteiger partial charge in [0.1, 0.15) is 11.7 Å². The molecule has 40 heavy (non-hydrogen) atoms. The highest BCUT2D eigenvalue weighted by Crippen LogP contribution is 2.40. The summed E-state index contributed by atoms with van der Waals surface area (Å²) in [5, 5.41) is 0.321. The Morgan fingerprint density at radius 1 is 0.925 bits per heavy atom. The Labute approximate surface area is 250 Å². The number of esters is 1. The summed E-state index contributed by atoms with van der Waals surface area (Å²) in [7, 11) is -3.78. The summed E-state index contributed by atoms with van der Waals surface area (Å²) < 4.78 is 25.5. The lowest BCUT2D eigenvalue weighted by atomic mass is 9.95. The fraction of sp³-hybridized carbons (Fsp3) is 0.848. The van der Waals surface area contributed by atoms with Crippen molar-refractivity contribution in [1.82, 2.24) is 0 Å². The number of hydrogen-bond donors (Lipinski definition) is 0. The smallest absolute Gasteiger partial charge is 0.306 e. The average molecular weight is 597 g/mol. The molecule has 1 rings (SSSR count). The predicted molar refractivity (Wildman–Crippen MR) is 175 cm³/mol. The quantitative estimate of drug-likeness (QED) is 0.0917. The van der Waals surface area contributed by atoms with Crippen molar-refractivity contribution in [3.8, 4) is 0 Å². The molecule has 0 saturated carbocycles. The van der Waals surface area contributed by atoms with Crippen molar-refractivity contribution in [3.05, 3.63) is 23.8 Å². The summed E-state index contributed by atoms with van der Waals surface area (Å²) in [6.45, 7) is 33.8. The summed E-state index contributed by atoms with van der Waals surface area (Å²) in [6, 6.07) is 0. The van der Waals surface area contributed by atoms with E-state index in [9.17, 15) is 4.79 Å². The van der Waals surface area contributed by atoms with Gasteiger partial charge < -0.3 is 18.3 Å². The molecule has 0 aromatic rings. The third-order valence-electron chi connectivity index (χ3n) is 8.75. The minimum absolute atomic E-state index is 0.0153. The molecule has 0 N–H and O–H groups in total. The first-order chi connectivity index (χ1) is 18.0. The summed E-state index contributed by atoms with van der Waals surface area (Å²) >= 11 is 0. The Morgan fingerprint density at radius 2 is 1.50 bits per heavy atom. The molecular weight excluding hydrogens is 533 g/mol. The number of carbonyl (C=O) groups is 1. The SMILES string of the molecule is C/C(=C\[C@H](C)CCCCC(=O)OC(C)(C)C)[C@@H]1O[C@@H](CCO[Si](C)(C)C(C)(C)C)C=C[C@@H]1O[Si](C)(C)C(C)(C)C. The number of carbonyl (C=O) groups excluding carboxylic acids is 1. The fourth-order valence-electron chi connectivity index (χ4n) is 4.20. The van der Waals surface area contributed by atoms with Crippen LogP contribution in [0.15, 0.2) is 23.8 Å². The molecular formula is C33H64O5Si2. The molecule has 0 spiro atoms. The zero-order valence-corrected chi connectivity index (χ0v) is 30.8. The van der Waals surface area contributed by atoms with Gasteiger partial charge in [0.05, 0.1) is 12.2 Å². The second-order valence-corrected chi connectivity index (χ2v) is 25.5. The fourth-order valence-corrected chi connectivity index (χ4v) is 6.49. The molecule has 0 aromatic heterocycles. The van der Waals surface area contributed by atoms with Crippen LogP contribution in [0.1, 0.15) is 108 Å². The number of hydrogen-bond acceptors (Lipinski definition) is 5. The summed E-state index contributed by atoms with van der Waals surface area (Å²) in [4.78, 5) is 12.0. The third kappa shape index (κ3) is 12.6. The van der Waals surface area contributed by atoms with Crippen LogP contribution >= 0.6 is 0 Å². The van der Waals surface area contributed by atoms with Crippen molar-refractivity contribution in [2.45, 2.75) is 168 Å². The zero-order chi connectivity index (χ0) is 31.2. The molecule has 1 aliphatic heterocycles. The van der Waals surface area contributed by atoms with Gasteiger partial charge in [0, 0.05) is 13.0 Å². The molecule has 0 radical (unpaired) electrons. The molecule has 7 heteroatoms. The van der Waals surface area contributed by atoms with Gasteiger partial charge in [-0.05, 0) is 94.7 Å². The molecule has 0 amide bonds. The monoisotopic (exact) mass is 596 g/mol. The molecule has 1 heterocycles. The number of allylic oxidation sites excluding steroid dienone is 1. The van der Waals surface area contributed by atoms with Crippen molar-refractivity contribution in [1.29, 1.82) is 0 Å². The standard InChI is InChI=1S/C33H64O5Si2/c1-25(18-16-17-19-29(34)37-31(3,4)5)24-26(2)30-28(38-40(14,15)33(9,10)11)21-20-27(36-30)22-23-35-39(12,13)32(6,7)8/h20-21,24-25,27-28,30H,16-19,22-23H2,1-15H3/b26-24+/t25-,27-,28+,30+/m1/s1. The van der Waals surface area contributed by atoms with Crippen LogP contribution in [-0.2, 0) is 23.1 Å². The molecule has 0 unspecified atom stereocenters. The molecule has 234 valence electrons. The van der Waals surface area contributed by atoms with Gasteiger partial charge in [-0.2, -0.15) is 0 Å². The maximum absolute atomic E-state index is 12.0. The van der Waals surface area contributed by atoms with Gasteiger partial charge in [-0.3, -0.25) is 4.79 Å². The van der Waals surface area contributed by atoms with Crippen molar-refractivity contribution < 1.29 is 23.1 Å². The van der Waals surface area contributed by atoms with E-state index in [1.165, 1.54) is 5.57 Å². The maximum atomic E-state index is 12.0. The molecule has 0 bridgehead atoms. The third-order valence-corrected chi connectivity index (χ3v) is 17.8. The van der Waals surface area contributed by atoms with Crippen LogP contribution in [0.3, 0.4) is 0 Å². The van der Waals surface area contributed by atoms with Crippen LogP contribution in [0, 0.1) is 5.92 Å². The zero-order valence-electron chi connectivity index (χ0n) is 28.8. The summed E-state index contributed by atoms with van der Waals surface area (Å²) in [6.07, 6.45) is 10.8. The Morgan fingerprint density at radius 3 is 2.02 bits per heavy atom. The van der Waals surface area contributed by atoms with Crippen LogP contribution in [0.25, 0.3) is 0 Å². The Balaban J connectivity index is 2.91. The number of unbranched alkanes of at least 4 members (excludes halogenated alkanes) is 1. The summed E-state index contributed by atoms with van der Waals surface area (Å²) in [5.41, 5.74) is 0.805. The maximum Gasteiger partial charge on any atom is 0.306 e. The Kier molecular flexibility index (Phi) is 13.6. The van der Waals surface area contributed by atoms with Crippen molar-refractivity contribution in [2.24, 2.45) is 5.92 Å². The molecule has 5 nitrogen and oxygen atoms in total. The first-order valence-electron chi connectivity index (χ1n) is 15.5. The minimum atomic E-state index is -1.99. The molecule has 0 fully saturated rings. The van der Waals surface area contributed by atoms with E-state index in [2.05, 4.69) is 99.8 Å². The van der Waals surface area contributed by atoms with Crippen LogP contribution in [0.2, 0.25) is 36.3 Å². The van der Waals surface area contributed by atoms with Gasteiger partial charge in [0.15, 0.2) is 16.6 Å². The predicted octanol–water partition coefficient (Wildman–Crippen LogP) is 9.60. The lowest BCUT2D eigenvalue weighted by Crippen LogP contribution is -2.49. The highest BCUT2D eigenvalue weighted by Gasteiger charge is 2.42. The van der Waals surface area contributed by atoms with Gasteiger partial charge in [-0.25, -0.2) is 0 Å². The lowest BCUT2D eigenvalue weighted by Gasteiger charge is -2.43. The minimum Gasteiger partial charge on any atom is -0.460 e. The lowest BCUT2D eigenvalue weighted by molar-refractivity contribution is -0.154. The normalized spacial score (nSPS) is 22.4. The van der Waals surface area contributed by atoms with Gasteiger partial charge in [-0.1, -0.05) is 73.1 Å². The van der Waals surface area contributed by atoms with E-state index >= 15 is 0 Å². The topological polar surface area (TPSA) is 54.0 Å². The van der Waals surface area contributed by atoms with Crippen LogP contribution in [0.5, 0.6) is 0 Å². The van der Waals surface area contributed by atoms with Crippen molar-refractivity contribution in [2.75, 3.05) is 6.61 Å². The second kappa shape index (κ2) is 14.6. The van der Waals surface area contributed by atoms with Crippen LogP contribution in [0.4, 0.5) is 0 Å². The highest BCUT2D eigenvalue weighted by molar-refractivity contribution is 6.74. The number of rotatable bonds is 13.